The molecule has 0 aliphatic carbocycles. The van der Waals surface area contributed by atoms with Gasteiger partial charge in [-0.1, -0.05) is 16.7 Å². The van der Waals surface area contributed by atoms with Crippen molar-refractivity contribution >= 4 is 23.5 Å². The molecule has 1 N–H and O–H groups in total. The molecule has 0 bridgehead atoms. The number of hydrogen-bond donors (Lipinski definition) is 1. The summed E-state index contributed by atoms with van der Waals surface area (Å²) in [6, 6.07) is 7.03. The van der Waals surface area contributed by atoms with Crippen LogP contribution in [0.3, 0.4) is 0 Å². The maximum absolute atomic E-state index is 11.6. The molecule has 1 unspecified atom stereocenters. The molecule has 1 fully saturated rings. The molecular weight excluding hydrogens is 270 g/mol. The second-order valence-electron chi connectivity index (χ2n) is 4.26. The van der Waals surface area contributed by atoms with Crippen molar-refractivity contribution in [3.8, 4) is 11.5 Å². The minimum absolute atomic E-state index is 0.0820. The van der Waals surface area contributed by atoms with Gasteiger partial charge in [0.1, 0.15) is 0 Å². The highest BCUT2D eigenvalue weighted by Crippen LogP contribution is 2.25. The Balaban J connectivity index is 1.87. The van der Waals surface area contributed by atoms with Gasteiger partial charge >= 0.3 is 6.01 Å². The molecule has 7 heteroatoms. The van der Waals surface area contributed by atoms with Crippen LogP contribution in [-0.2, 0) is 4.79 Å². The Hall–Kier alpha value is -1.92. The predicted molar refractivity (Wildman–Crippen MR) is 67.7 cm³/mol. The molecule has 98 valence electrons. The summed E-state index contributed by atoms with van der Waals surface area (Å²) in [5.41, 5.74) is 0.718. The molecule has 1 aromatic heterocycles. The molecule has 2 heterocycles. The van der Waals surface area contributed by atoms with Gasteiger partial charge in [-0.25, -0.2) is 0 Å². The van der Waals surface area contributed by atoms with Gasteiger partial charge < -0.3 is 9.52 Å². The number of carbonyl (C=O) groups excluding carboxylic acids is 1. The van der Waals surface area contributed by atoms with Crippen LogP contribution in [-0.4, -0.2) is 33.9 Å². The summed E-state index contributed by atoms with van der Waals surface area (Å²) in [5.74, 6) is 0.0830. The molecular formula is C12H10ClN3O3. The summed E-state index contributed by atoms with van der Waals surface area (Å²) >= 11 is 5.80. The van der Waals surface area contributed by atoms with Gasteiger partial charge in [-0.2, -0.15) is 0 Å². The van der Waals surface area contributed by atoms with Gasteiger partial charge in [0.2, 0.25) is 11.8 Å². The van der Waals surface area contributed by atoms with Crippen LogP contribution in [0.1, 0.15) is 6.42 Å². The average molecular weight is 280 g/mol. The lowest BCUT2D eigenvalue weighted by atomic mass is 10.2. The van der Waals surface area contributed by atoms with Crippen LogP contribution in [0.4, 0.5) is 6.01 Å². The first kappa shape index (κ1) is 12.1. The smallest absolute Gasteiger partial charge is 0.325 e. The van der Waals surface area contributed by atoms with E-state index in [9.17, 15) is 9.90 Å². The molecule has 3 rings (SSSR count). The minimum Gasteiger partial charge on any atom is -0.403 e. The summed E-state index contributed by atoms with van der Waals surface area (Å²) in [5, 5.41) is 17.7. The van der Waals surface area contributed by atoms with E-state index in [2.05, 4.69) is 10.2 Å². The monoisotopic (exact) mass is 279 g/mol. The number of rotatable bonds is 2. The third kappa shape index (κ3) is 2.32. The van der Waals surface area contributed by atoms with Crippen molar-refractivity contribution in [3.63, 3.8) is 0 Å². The van der Waals surface area contributed by atoms with E-state index in [1.54, 1.807) is 24.3 Å². The second kappa shape index (κ2) is 4.64. The van der Waals surface area contributed by atoms with Gasteiger partial charge in [0.05, 0.1) is 19.1 Å². The van der Waals surface area contributed by atoms with Crippen LogP contribution < -0.4 is 4.90 Å². The summed E-state index contributed by atoms with van der Waals surface area (Å²) in [4.78, 5) is 12.9. The van der Waals surface area contributed by atoms with E-state index < -0.39 is 6.10 Å². The van der Waals surface area contributed by atoms with Crippen LogP contribution in [0.2, 0.25) is 5.02 Å². The molecule has 2 aromatic rings. The van der Waals surface area contributed by atoms with Gasteiger partial charge in [0.25, 0.3) is 0 Å². The number of aromatic nitrogens is 2. The number of β-amino-alcohol motifs (C(OH)–C–C–N with tert-alkyl or cyclic N) is 1. The summed E-state index contributed by atoms with van der Waals surface area (Å²) < 4.78 is 5.44. The Morgan fingerprint density at radius 1 is 1.32 bits per heavy atom. The highest BCUT2D eigenvalue weighted by atomic mass is 35.5. The standard InChI is InChI=1S/C12H10ClN3O3/c13-8-3-1-7(2-4-8)11-14-15-12(19-11)16-6-9(17)5-10(16)18/h1-4,9,17H,5-6H2. The fraction of sp³-hybridized carbons (Fsp3) is 0.250. The zero-order valence-corrected chi connectivity index (χ0v) is 10.5. The molecule has 6 nitrogen and oxygen atoms in total. The molecule has 0 saturated carbocycles. The van der Waals surface area contributed by atoms with Crippen LogP contribution in [0.25, 0.3) is 11.5 Å². The van der Waals surface area contributed by atoms with Gasteiger partial charge in [-0.05, 0) is 24.3 Å². The lowest BCUT2D eigenvalue weighted by Crippen LogP contribution is -2.25. The number of anilines is 1. The topological polar surface area (TPSA) is 79.5 Å². The number of halogens is 1. The molecule has 1 aromatic carbocycles. The van der Waals surface area contributed by atoms with Crippen LogP contribution in [0.15, 0.2) is 28.7 Å². The molecule has 1 saturated heterocycles. The number of aliphatic hydroxyl groups is 1. The second-order valence-corrected chi connectivity index (χ2v) is 4.70. The Bertz CT molecular complexity index is 611. The quantitative estimate of drug-likeness (QED) is 0.901. The molecule has 19 heavy (non-hydrogen) atoms. The molecule has 0 spiro atoms. The molecule has 1 aliphatic heterocycles. The van der Waals surface area contributed by atoms with Crippen LogP contribution in [0.5, 0.6) is 0 Å². The summed E-state index contributed by atoms with van der Waals surface area (Å²) in [7, 11) is 0. The van der Waals surface area contributed by atoms with Gasteiger partial charge in [0.15, 0.2) is 0 Å². The number of nitrogens with zero attached hydrogens (tertiary/aromatic N) is 3. The number of amides is 1. The maximum atomic E-state index is 11.6. The fourth-order valence-electron chi connectivity index (χ4n) is 1.91. The van der Waals surface area contributed by atoms with E-state index in [4.69, 9.17) is 16.0 Å². The Morgan fingerprint density at radius 2 is 2.05 bits per heavy atom. The predicted octanol–water partition coefficient (Wildman–Crippen LogP) is 1.49. The number of aliphatic hydroxyl groups excluding tert-OH is 1. The highest BCUT2D eigenvalue weighted by molar-refractivity contribution is 6.30. The first-order valence-electron chi connectivity index (χ1n) is 5.71. The van der Waals surface area contributed by atoms with Crippen molar-refractivity contribution in [2.45, 2.75) is 12.5 Å². The van der Waals surface area contributed by atoms with Crippen molar-refractivity contribution in [3.05, 3.63) is 29.3 Å². The molecule has 1 aliphatic rings. The third-order valence-electron chi connectivity index (χ3n) is 2.84. The van der Waals surface area contributed by atoms with Crippen molar-refractivity contribution in [2.24, 2.45) is 0 Å². The van der Waals surface area contributed by atoms with E-state index in [0.717, 1.165) is 5.56 Å². The van der Waals surface area contributed by atoms with Crippen molar-refractivity contribution in [1.82, 2.24) is 10.2 Å². The first-order valence-corrected chi connectivity index (χ1v) is 6.09. The first-order chi connectivity index (χ1) is 9.13. The van der Waals surface area contributed by atoms with E-state index in [-0.39, 0.29) is 24.9 Å². The lowest BCUT2D eigenvalue weighted by molar-refractivity contribution is -0.117. The van der Waals surface area contributed by atoms with Crippen LogP contribution in [0, 0.1) is 0 Å². The van der Waals surface area contributed by atoms with E-state index in [1.807, 2.05) is 0 Å². The molecule has 1 amide bonds. The van der Waals surface area contributed by atoms with Gasteiger partial charge in [-0.15, -0.1) is 5.10 Å². The molecule has 1 atom stereocenters. The zero-order chi connectivity index (χ0) is 13.4. The summed E-state index contributed by atoms with van der Waals surface area (Å²) in [6.45, 7) is 0.182. The zero-order valence-electron chi connectivity index (χ0n) is 9.78. The normalized spacial score (nSPS) is 19.2. The highest BCUT2D eigenvalue weighted by Gasteiger charge is 2.32. The number of hydrogen-bond acceptors (Lipinski definition) is 5. The minimum atomic E-state index is -0.682. The van der Waals surface area contributed by atoms with Gasteiger partial charge in [-0.3, -0.25) is 9.69 Å². The molecule has 0 radical (unpaired) electrons. The van der Waals surface area contributed by atoms with Crippen molar-refractivity contribution in [2.75, 3.05) is 11.4 Å². The largest absolute Gasteiger partial charge is 0.403 e. The Morgan fingerprint density at radius 3 is 2.68 bits per heavy atom. The SMILES string of the molecule is O=C1CC(O)CN1c1nnc(-c2ccc(Cl)cc2)o1. The van der Waals surface area contributed by atoms with Gasteiger partial charge in [0, 0.05) is 10.6 Å². The van der Waals surface area contributed by atoms with E-state index in [0.29, 0.717) is 10.9 Å². The van der Waals surface area contributed by atoms with E-state index in [1.165, 1.54) is 4.90 Å². The van der Waals surface area contributed by atoms with Crippen molar-refractivity contribution < 1.29 is 14.3 Å². The third-order valence-corrected chi connectivity index (χ3v) is 3.09. The van der Waals surface area contributed by atoms with E-state index >= 15 is 0 Å². The maximum Gasteiger partial charge on any atom is 0.325 e. The average Bonchev–Trinajstić information content (AvgIpc) is 2.97. The Kier molecular flexibility index (Phi) is 2.96. The lowest BCUT2D eigenvalue weighted by Gasteiger charge is -2.08. The fourth-order valence-corrected chi connectivity index (χ4v) is 2.03. The Labute approximate surface area is 113 Å². The number of benzene rings is 1. The summed E-state index contributed by atoms with van der Waals surface area (Å²) in [6.07, 6.45) is -0.600. The van der Waals surface area contributed by atoms with Crippen molar-refractivity contribution in [1.29, 1.82) is 0 Å². The van der Waals surface area contributed by atoms with Crippen LogP contribution >= 0.6 is 11.6 Å². The number of carbonyl (C=O) groups is 1.